The molecule has 0 amide bonds. The molecule has 0 aromatic heterocycles. The van der Waals surface area contributed by atoms with E-state index < -0.39 is 0 Å². The summed E-state index contributed by atoms with van der Waals surface area (Å²) in [6.45, 7) is 9.03. The topological polar surface area (TPSA) is 57.1 Å². The predicted molar refractivity (Wildman–Crippen MR) is 91.2 cm³/mol. The Morgan fingerprint density at radius 1 is 1.26 bits per heavy atom. The Morgan fingerprint density at radius 3 is 2.61 bits per heavy atom. The summed E-state index contributed by atoms with van der Waals surface area (Å²) in [7, 11) is 0. The maximum Gasteiger partial charge on any atom is 0.0991 e. The van der Waals surface area contributed by atoms with Gasteiger partial charge in [-0.15, -0.1) is 0 Å². The molecule has 0 saturated carbocycles. The van der Waals surface area contributed by atoms with Crippen LogP contribution < -0.4 is 10.6 Å². The molecule has 2 aliphatic heterocycles. The second-order valence-electron chi connectivity index (χ2n) is 7.06. The molecule has 2 aliphatic rings. The third-order valence-electron chi connectivity index (χ3n) is 5.73. The van der Waals surface area contributed by atoms with Crippen molar-refractivity contribution in [2.75, 3.05) is 26.3 Å². The molecule has 0 radical (unpaired) electrons. The third-order valence-corrected chi connectivity index (χ3v) is 5.73. The summed E-state index contributed by atoms with van der Waals surface area (Å²) in [5, 5.41) is 16.5. The molecular formula is C19H27N3O. The predicted octanol–water partition coefficient (Wildman–Crippen LogP) is 2.42. The highest BCUT2D eigenvalue weighted by Gasteiger charge is 2.41. The van der Waals surface area contributed by atoms with E-state index in [1.165, 1.54) is 23.1 Å². The van der Waals surface area contributed by atoms with Gasteiger partial charge in [0.2, 0.25) is 0 Å². The van der Waals surface area contributed by atoms with E-state index in [9.17, 15) is 0 Å². The Hall–Kier alpha value is -1.41. The number of hydrogen-bond donors (Lipinski definition) is 2. The molecule has 23 heavy (non-hydrogen) atoms. The maximum absolute atomic E-state index is 9.09. The van der Waals surface area contributed by atoms with Gasteiger partial charge in [0.25, 0.3) is 0 Å². The van der Waals surface area contributed by atoms with Gasteiger partial charge in [0.1, 0.15) is 0 Å². The van der Waals surface area contributed by atoms with Crippen molar-refractivity contribution >= 4 is 0 Å². The van der Waals surface area contributed by atoms with Crippen LogP contribution in [0.15, 0.2) is 12.1 Å². The molecule has 1 atom stereocenters. The van der Waals surface area contributed by atoms with E-state index in [0.29, 0.717) is 11.5 Å². The average molecular weight is 313 g/mol. The molecule has 0 aliphatic carbocycles. The van der Waals surface area contributed by atoms with E-state index in [-0.39, 0.29) is 0 Å². The summed E-state index contributed by atoms with van der Waals surface area (Å²) in [6, 6.07) is 6.73. The van der Waals surface area contributed by atoms with Crippen LogP contribution in [-0.4, -0.2) is 32.3 Å². The summed E-state index contributed by atoms with van der Waals surface area (Å²) < 4.78 is 5.59. The lowest BCUT2D eigenvalue weighted by molar-refractivity contribution is -0.0201. The van der Waals surface area contributed by atoms with Crippen LogP contribution in [0.2, 0.25) is 0 Å². The summed E-state index contributed by atoms with van der Waals surface area (Å²) in [5.74, 6) is 0. The molecule has 4 nitrogen and oxygen atoms in total. The van der Waals surface area contributed by atoms with Gasteiger partial charge in [-0.1, -0.05) is 0 Å². The Kier molecular flexibility index (Phi) is 5.01. The van der Waals surface area contributed by atoms with Gasteiger partial charge >= 0.3 is 0 Å². The minimum atomic E-state index is 0.387. The first kappa shape index (κ1) is 16.4. The van der Waals surface area contributed by atoms with Gasteiger partial charge in [-0.3, -0.25) is 0 Å². The largest absolute Gasteiger partial charge is 0.381 e. The van der Waals surface area contributed by atoms with Gasteiger partial charge in [0.15, 0.2) is 0 Å². The van der Waals surface area contributed by atoms with Gasteiger partial charge in [0.05, 0.1) is 11.6 Å². The molecule has 2 saturated heterocycles. The zero-order valence-corrected chi connectivity index (χ0v) is 14.2. The van der Waals surface area contributed by atoms with Crippen LogP contribution in [0.25, 0.3) is 0 Å². The van der Waals surface area contributed by atoms with Crippen molar-refractivity contribution < 1.29 is 4.74 Å². The number of piperidine rings is 1. The van der Waals surface area contributed by atoms with Crippen LogP contribution in [0.1, 0.15) is 41.5 Å². The van der Waals surface area contributed by atoms with E-state index in [1.54, 1.807) is 0 Å². The zero-order valence-electron chi connectivity index (χ0n) is 14.2. The SMILES string of the molecule is Cc1cc(C#N)cc(C)c1CNC1CNCCC12CCOCC2. The van der Waals surface area contributed by atoms with Gasteiger partial charge in [-0.25, -0.2) is 0 Å². The van der Waals surface area contributed by atoms with Crippen molar-refractivity contribution in [3.05, 3.63) is 34.4 Å². The van der Waals surface area contributed by atoms with E-state index >= 15 is 0 Å². The summed E-state index contributed by atoms with van der Waals surface area (Å²) in [4.78, 5) is 0. The summed E-state index contributed by atoms with van der Waals surface area (Å²) in [6.07, 6.45) is 3.56. The fourth-order valence-electron chi connectivity index (χ4n) is 4.20. The molecule has 0 bridgehead atoms. The van der Waals surface area contributed by atoms with Gasteiger partial charge < -0.3 is 15.4 Å². The lowest BCUT2D eigenvalue weighted by Crippen LogP contribution is -2.57. The minimum Gasteiger partial charge on any atom is -0.381 e. The minimum absolute atomic E-state index is 0.387. The molecule has 1 aromatic rings. The fourth-order valence-corrected chi connectivity index (χ4v) is 4.20. The van der Waals surface area contributed by atoms with Crippen LogP contribution in [0, 0.1) is 30.6 Å². The highest BCUT2D eigenvalue weighted by Crippen LogP contribution is 2.39. The van der Waals surface area contributed by atoms with Crippen LogP contribution in [0.5, 0.6) is 0 Å². The fraction of sp³-hybridized carbons (Fsp3) is 0.632. The lowest BCUT2D eigenvalue weighted by Gasteiger charge is -2.47. The molecular weight excluding hydrogens is 286 g/mol. The highest BCUT2D eigenvalue weighted by molar-refractivity contribution is 5.42. The first-order chi connectivity index (χ1) is 11.1. The first-order valence-corrected chi connectivity index (χ1v) is 8.67. The Bertz CT molecular complexity index is 568. The quantitative estimate of drug-likeness (QED) is 0.900. The molecule has 4 heteroatoms. The number of hydrogen-bond acceptors (Lipinski definition) is 4. The van der Waals surface area contributed by atoms with Gasteiger partial charge in [-0.2, -0.15) is 5.26 Å². The monoisotopic (exact) mass is 313 g/mol. The van der Waals surface area contributed by atoms with Crippen LogP contribution >= 0.6 is 0 Å². The lowest BCUT2D eigenvalue weighted by atomic mass is 9.69. The standard InChI is InChI=1S/C19H27N3O/c1-14-9-16(11-20)10-15(2)17(14)12-22-18-13-21-6-3-19(18)4-7-23-8-5-19/h9-10,18,21-22H,3-8,12-13H2,1-2H3. The number of ether oxygens (including phenoxy) is 1. The molecule has 1 spiro atoms. The number of nitrogens with one attached hydrogen (secondary N) is 2. The molecule has 3 rings (SSSR count). The Labute approximate surface area is 139 Å². The summed E-state index contributed by atoms with van der Waals surface area (Å²) >= 11 is 0. The molecule has 1 unspecified atom stereocenters. The molecule has 1 aromatic carbocycles. The van der Waals surface area contributed by atoms with Crippen LogP contribution in [0.3, 0.4) is 0 Å². The van der Waals surface area contributed by atoms with Crippen molar-refractivity contribution in [2.45, 2.75) is 45.7 Å². The molecule has 124 valence electrons. The number of rotatable bonds is 3. The smallest absolute Gasteiger partial charge is 0.0991 e. The zero-order chi connectivity index (χ0) is 16.3. The van der Waals surface area contributed by atoms with Crippen molar-refractivity contribution in [2.24, 2.45) is 5.41 Å². The van der Waals surface area contributed by atoms with E-state index in [0.717, 1.165) is 51.3 Å². The second-order valence-corrected chi connectivity index (χ2v) is 7.06. The van der Waals surface area contributed by atoms with Crippen molar-refractivity contribution in [3.63, 3.8) is 0 Å². The first-order valence-electron chi connectivity index (χ1n) is 8.67. The second kappa shape index (κ2) is 7.00. The van der Waals surface area contributed by atoms with E-state index in [2.05, 4.69) is 30.6 Å². The van der Waals surface area contributed by atoms with Gasteiger partial charge in [-0.05, 0) is 73.9 Å². The third kappa shape index (κ3) is 3.42. The van der Waals surface area contributed by atoms with Crippen LogP contribution in [-0.2, 0) is 11.3 Å². The Balaban J connectivity index is 1.73. The van der Waals surface area contributed by atoms with Crippen molar-refractivity contribution in [1.82, 2.24) is 10.6 Å². The molecule has 2 fully saturated rings. The maximum atomic E-state index is 9.09. The Morgan fingerprint density at radius 2 is 1.96 bits per heavy atom. The van der Waals surface area contributed by atoms with E-state index in [1.807, 2.05) is 12.1 Å². The van der Waals surface area contributed by atoms with Crippen molar-refractivity contribution in [3.8, 4) is 6.07 Å². The summed E-state index contributed by atoms with van der Waals surface area (Å²) in [5.41, 5.74) is 4.89. The van der Waals surface area contributed by atoms with Crippen LogP contribution in [0.4, 0.5) is 0 Å². The average Bonchev–Trinajstić information content (AvgIpc) is 2.56. The molecule has 2 heterocycles. The number of benzene rings is 1. The van der Waals surface area contributed by atoms with Crippen molar-refractivity contribution in [1.29, 1.82) is 5.26 Å². The molecule has 2 N–H and O–H groups in total. The number of nitrogens with zero attached hydrogens (tertiary/aromatic N) is 1. The van der Waals surface area contributed by atoms with E-state index in [4.69, 9.17) is 10.00 Å². The number of aryl methyl sites for hydroxylation is 2. The normalized spacial score (nSPS) is 23.6. The number of nitriles is 1. The van der Waals surface area contributed by atoms with Gasteiger partial charge in [0, 0.05) is 32.3 Å². The highest BCUT2D eigenvalue weighted by atomic mass is 16.5.